The SMILES string of the molecule is COc1cc(C(C)C)ccc1C(=O)C(C)(C)N. The lowest BCUT2D eigenvalue weighted by Gasteiger charge is -2.19. The Morgan fingerprint density at radius 2 is 1.94 bits per heavy atom. The molecular formula is C14H21NO2. The van der Waals surface area contributed by atoms with Crippen LogP contribution in [0.2, 0.25) is 0 Å². The second-order valence-corrected chi connectivity index (χ2v) is 5.17. The normalized spacial score (nSPS) is 11.7. The summed E-state index contributed by atoms with van der Waals surface area (Å²) in [6.45, 7) is 7.60. The van der Waals surface area contributed by atoms with Crippen LogP contribution >= 0.6 is 0 Å². The van der Waals surface area contributed by atoms with E-state index in [0.717, 1.165) is 5.56 Å². The molecule has 94 valence electrons. The zero-order valence-corrected chi connectivity index (χ0v) is 11.2. The van der Waals surface area contributed by atoms with Crippen LogP contribution in [0.5, 0.6) is 5.75 Å². The smallest absolute Gasteiger partial charge is 0.185 e. The zero-order chi connectivity index (χ0) is 13.2. The summed E-state index contributed by atoms with van der Waals surface area (Å²) >= 11 is 0. The molecule has 0 saturated carbocycles. The summed E-state index contributed by atoms with van der Waals surface area (Å²) in [6, 6.07) is 5.65. The van der Waals surface area contributed by atoms with Gasteiger partial charge in [0, 0.05) is 0 Å². The maximum atomic E-state index is 12.1. The summed E-state index contributed by atoms with van der Waals surface area (Å²) in [6.07, 6.45) is 0. The Bertz CT molecular complexity index is 417. The quantitative estimate of drug-likeness (QED) is 0.816. The molecular weight excluding hydrogens is 214 g/mol. The Morgan fingerprint density at radius 3 is 2.35 bits per heavy atom. The van der Waals surface area contributed by atoms with E-state index in [4.69, 9.17) is 10.5 Å². The lowest BCUT2D eigenvalue weighted by Crippen LogP contribution is -2.41. The van der Waals surface area contributed by atoms with Crippen molar-refractivity contribution >= 4 is 5.78 Å². The molecule has 3 heteroatoms. The molecule has 0 aliphatic rings. The minimum absolute atomic E-state index is 0.107. The lowest BCUT2D eigenvalue weighted by molar-refractivity contribution is 0.0910. The van der Waals surface area contributed by atoms with Crippen molar-refractivity contribution in [3.05, 3.63) is 29.3 Å². The van der Waals surface area contributed by atoms with Crippen molar-refractivity contribution in [3.8, 4) is 5.75 Å². The fourth-order valence-corrected chi connectivity index (χ4v) is 1.60. The first-order chi connectivity index (χ1) is 7.77. The van der Waals surface area contributed by atoms with E-state index in [0.29, 0.717) is 17.2 Å². The van der Waals surface area contributed by atoms with Gasteiger partial charge in [0.05, 0.1) is 18.2 Å². The van der Waals surface area contributed by atoms with Gasteiger partial charge in [-0.25, -0.2) is 0 Å². The van der Waals surface area contributed by atoms with Crippen LogP contribution in [0.15, 0.2) is 18.2 Å². The number of hydrogen-bond donors (Lipinski definition) is 1. The molecule has 2 N–H and O–H groups in total. The minimum Gasteiger partial charge on any atom is -0.496 e. The fourth-order valence-electron chi connectivity index (χ4n) is 1.60. The molecule has 0 aliphatic carbocycles. The standard InChI is InChI=1S/C14H21NO2/c1-9(2)10-6-7-11(12(8-10)17-5)13(16)14(3,4)15/h6-9H,15H2,1-5H3. The number of Topliss-reactive ketones (excluding diaryl/α,β-unsaturated/α-hetero) is 1. The molecule has 0 atom stereocenters. The molecule has 1 aromatic carbocycles. The van der Waals surface area contributed by atoms with Crippen molar-refractivity contribution in [2.45, 2.75) is 39.2 Å². The highest BCUT2D eigenvalue weighted by Crippen LogP contribution is 2.27. The molecule has 0 amide bonds. The number of nitrogens with two attached hydrogens (primary N) is 1. The van der Waals surface area contributed by atoms with E-state index >= 15 is 0 Å². The van der Waals surface area contributed by atoms with Gasteiger partial charge < -0.3 is 10.5 Å². The number of carbonyl (C=O) groups is 1. The minimum atomic E-state index is -0.882. The van der Waals surface area contributed by atoms with Gasteiger partial charge in [-0.15, -0.1) is 0 Å². The summed E-state index contributed by atoms with van der Waals surface area (Å²) < 4.78 is 5.28. The largest absolute Gasteiger partial charge is 0.496 e. The number of hydrogen-bond acceptors (Lipinski definition) is 3. The van der Waals surface area contributed by atoms with E-state index < -0.39 is 5.54 Å². The predicted molar refractivity (Wildman–Crippen MR) is 69.7 cm³/mol. The topological polar surface area (TPSA) is 52.3 Å². The van der Waals surface area contributed by atoms with E-state index in [1.165, 1.54) is 0 Å². The van der Waals surface area contributed by atoms with Gasteiger partial charge in [0.1, 0.15) is 5.75 Å². The molecule has 1 rings (SSSR count). The number of benzene rings is 1. The monoisotopic (exact) mass is 235 g/mol. The highest BCUT2D eigenvalue weighted by molar-refractivity contribution is 6.04. The first kappa shape index (κ1) is 13.7. The highest BCUT2D eigenvalue weighted by atomic mass is 16.5. The van der Waals surface area contributed by atoms with Gasteiger partial charge in [-0.3, -0.25) is 4.79 Å². The first-order valence-electron chi connectivity index (χ1n) is 5.79. The molecule has 0 aliphatic heterocycles. The van der Waals surface area contributed by atoms with Gasteiger partial charge in [-0.2, -0.15) is 0 Å². The molecule has 17 heavy (non-hydrogen) atoms. The molecule has 0 unspecified atom stereocenters. The van der Waals surface area contributed by atoms with Gasteiger partial charge >= 0.3 is 0 Å². The first-order valence-corrected chi connectivity index (χ1v) is 5.79. The van der Waals surface area contributed by atoms with E-state index in [2.05, 4.69) is 13.8 Å². The predicted octanol–water partition coefficient (Wildman–Crippen LogP) is 2.74. The Balaban J connectivity index is 3.22. The van der Waals surface area contributed by atoms with Crippen LogP contribution in [-0.4, -0.2) is 18.4 Å². The van der Waals surface area contributed by atoms with Crippen LogP contribution in [0.25, 0.3) is 0 Å². The summed E-state index contributed by atoms with van der Waals surface area (Å²) in [7, 11) is 1.57. The average Bonchev–Trinajstić information content (AvgIpc) is 2.25. The molecule has 1 aromatic rings. The van der Waals surface area contributed by atoms with Gasteiger partial charge in [-0.1, -0.05) is 19.9 Å². The second kappa shape index (κ2) is 4.88. The molecule has 0 aromatic heterocycles. The Labute approximate surface area is 103 Å². The van der Waals surface area contributed by atoms with E-state index in [1.807, 2.05) is 12.1 Å². The highest BCUT2D eigenvalue weighted by Gasteiger charge is 2.26. The van der Waals surface area contributed by atoms with Crippen molar-refractivity contribution in [2.24, 2.45) is 5.73 Å². The van der Waals surface area contributed by atoms with Crippen molar-refractivity contribution < 1.29 is 9.53 Å². The Morgan fingerprint density at radius 1 is 1.35 bits per heavy atom. The van der Waals surface area contributed by atoms with E-state index in [9.17, 15) is 4.79 Å². The summed E-state index contributed by atoms with van der Waals surface area (Å²) in [5.41, 5.74) is 6.64. The van der Waals surface area contributed by atoms with Crippen molar-refractivity contribution in [1.29, 1.82) is 0 Å². The molecule has 0 saturated heterocycles. The van der Waals surface area contributed by atoms with Crippen LogP contribution in [0, 0.1) is 0 Å². The summed E-state index contributed by atoms with van der Waals surface area (Å²) in [4.78, 5) is 12.1. The molecule has 0 fully saturated rings. The number of rotatable bonds is 4. The van der Waals surface area contributed by atoms with Crippen LogP contribution in [0.4, 0.5) is 0 Å². The molecule has 0 bridgehead atoms. The van der Waals surface area contributed by atoms with Gasteiger partial charge in [0.25, 0.3) is 0 Å². The van der Waals surface area contributed by atoms with Crippen LogP contribution < -0.4 is 10.5 Å². The fraction of sp³-hybridized carbons (Fsp3) is 0.500. The second-order valence-electron chi connectivity index (χ2n) is 5.17. The van der Waals surface area contributed by atoms with Crippen LogP contribution in [0.3, 0.4) is 0 Å². The van der Waals surface area contributed by atoms with Crippen LogP contribution in [-0.2, 0) is 0 Å². The number of methoxy groups -OCH3 is 1. The van der Waals surface area contributed by atoms with Crippen molar-refractivity contribution in [3.63, 3.8) is 0 Å². The van der Waals surface area contributed by atoms with Gasteiger partial charge in [0.2, 0.25) is 0 Å². The van der Waals surface area contributed by atoms with Crippen LogP contribution in [0.1, 0.15) is 49.5 Å². The van der Waals surface area contributed by atoms with Gasteiger partial charge in [-0.05, 0) is 37.5 Å². The van der Waals surface area contributed by atoms with E-state index in [-0.39, 0.29) is 5.78 Å². The van der Waals surface area contributed by atoms with Crippen molar-refractivity contribution in [2.75, 3.05) is 7.11 Å². The Hall–Kier alpha value is -1.35. The number of ketones is 1. The van der Waals surface area contributed by atoms with Gasteiger partial charge in [0.15, 0.2) is 5.78 Å². The zero-order valence-electron chi connectivity index (χ0n) is 11.2. The maximum absolute atomic E-state index is 12.1. The van der Waals surface area contributed by atoms with E-state index in [1.54, 1.807) is 27.0 Å². The van der Waals surface area contributed by atoms with Crippen molar-refractivity contribution in [1.82, 2.24) is 0 Å². The summed E-state index contributed by atoms with van der Waals surface area (Å²) in [5, 5.41) is 0. The number of ether oxygens (including phenoxy) is 1. The lowest BCUT2D eigenvalue weighted by atomic mass is 9.91. The average molecular weight is 235 g/mol. The maximum Gasteiger partial charge on any atom is 0.185 e. The Kier molecular flexibility index (Phi) is 3.94. The summed E-state index contributed by atoms with van der Waals surface area (Å²) in [5.74, 6) is 0.892. The number of carbonyl (C=O) groups excluding carboxylic acids is 1. The molecule has 0 heterocycles. The molecule has 0 radical (unpaired) electrons. The molecule has 3 nitrogen and oxygen atoms in total. The third-order valence-electron chi connectivity index (χ3n) is 2.72. The third-order valence-corrected chi connectivity index (χ3v) is 2.72. The molecule has 0 spiro atoms. The third kappa shape index (κ3) is 3.07.